The van der Waals surface area contributed by atoms with Crippen molar-refractivity contribution in [3.8, 4) is 22.9 Å². The average Bonchev–Trinajstić information content (AvgIpc) is 3.32. The van der Waals surface area contributed by atoms with E-state index in [-0.39, 0.29) is 16.8 Å². The van der Waals surface area contributed by atoms with Crippen molar-refractivity contribution in [2.24, 2.45) is 7.05 Å². The Morgan fingerprint density at radius 2 is 2.12 bits per heavy atom. The second kappa shape index (κ2) is 8.03. The van der Waals surface area contributed by atoms with Crippen LogP contribution in [0.5, 0.6) is 11.5 Å². The molecule has 166 valence electrons. The summed E-state index contributed by atoms with van der Waals surface area (Å²) in [5.74, 6) is 0.999. The highest BCUT2D eigenvalue weighted by Gasteiger charge is 2.22. The minimum absolute atomic E-state index is 0.234. The Labute approximate surface area is 188 Å². The fourth-order valence-corrected chi connectivity index (χ4v) is 4.10. The molecular formula is C21H22ClFN8O. The molecule has 4 aromatic rings. The highest BCUT2D eigenvalue weighted by Crippen LogP contribution is 2.36. The normalized spacial score (nSPS) is 16.7. The molecule has 1 atom stereocenters. The highest BCUT2D eigenvalue weighted by molar-refractivity contribution is 6.32. The monoisotopic (exact) mass is 456 g/mol. The first kappa shape index (κ1) is 20.7. The number of ether oxygens (including phenoxy) is 1. The van der Waals surface area contributed by atoms with Gasteiger partial charge in [0.25, 0.3) is 0 Å². The maximum atomic E-state index is 14.9. The Hall–Kier alpha value is -3.24. The predicted octanol–water partition coefficient (Wildman–Crippen LogP) is 3.44. The minimum atomic E-state index is -0.450. The zero-order chi connectivity index (χ0) is 22.4. The minimum Gasteiger partial charge on any atom is -0.452 e. The molecule has 11 heteroatoms. The van der Waals surface area contributed by atoms with Crippen molar-refractivity contribution < 1.29 is 9.13 Å². The molecule has 4 aromatic heterocycles. The standard InChI is InChI=1S/C21H22ClFN8O/c1-11-9-31(5-4-24-11)21-16(23)6-13(7-26-21)32-18-15(22)8-25-20-17(18)27-19(28-20)14-10-30(3)29-12(14)2/h6-8,10-11,24H,4-5,9H2,1-3H3,(H,25,27,28)/t11-/m0/s1. The van der Waals surface area contributed by atoms with Gasteiger partial charge in [0.2, 0.25) is 0 Å². The molecule has 5 rings (SSSR count). The zero-order valence-electron chi connectivity index (χ0n) is 17.9. The van der Waals surface area contributed by atoms with Gasteiger partial charge in [0.15, 0.2) is 23.0 Å². The molecule has 1 aliphatic heterocycles. The van der Waals surface area contributed by atoms with Crippen LogP contribution in [-0.4, -0.2) is 55.4 Å². The lowest BCUT2D eigenvalue weighted by Gasteiger charge is -2.32. The Morgan fingerprint density at radius 3 is 2.84 bits per heavy atom. The maximum Gasteiger partial charge on any atom is 0.182 e. The highest BCUT2D eigenvalue weighted by atomic mass is 35.5. The number of halogens is 2. The van der Waals surface area contributed by atoms with Gasteiger partial charge in [0.1, 0.15) is 22.1 Å². The van der Waals surface area contributed by atoms with Crippen molar-refractivity contribution in [3.05, 3.63) is 41.2 Å². The van der Waals surface area contributed by atoms with Crippen molar-refractivity contribution in [1.29, 1.82) is 0 Å². The molecule has 0 aromatic carbocycles. The Balaban J connectivity index is 1.48. The van der Waals surface area contributed by atoms with Gasteiger partial charge < -0.3 is 19.9 Å². The number of hydrogen-bond donors (Lipinski definition) is 2. The third-order valence-corrected chi connectivity index (χ3v) is 5.65. The molecule has 0 aliphatic carbocycles. The molecule has 0 saturated carbocycles. The summed E-state index contributed by atoms with van der Waals surface area (Å²) in [6.45, 7) is 6.12. The summed E-state index contributed by atoms with van der Waals surface area (Å²) in [7, 11) is 1.84. The van der Waals surface area contributed by atoms with Gasteiger partial charge in [-0.15, -0.1) is 0 Å². The number of aromatic amines is 1. The molecule has 5 heterocycles. The smallest absolute Gasteiger partial charge is 0.182 e. The topological polar surface area (TPSA) is 96.8 Å². The van der Waals surface area contributed by atoms with Gasteiger partial charge in [-0.25, -0.2) is 19.3 Å². The van der Waals surface area contributed by atoms with E-state index in [2.05, 4.69) is 37.3 Å². The number of imidazole rings is 1. The largest absolute Gasteiger partial charge is 0.452 e. The lowest BCUT2D eigenvalue weighted by molar-refractivity contribution is 0.464. The van der Waals surface area contributed by atoms with Crippen LogP contribution >= 0.6 is 11.6 Å². The fourth-order valence-electron chi connectivity index (χ4n) is 3.92. The van der Waals surface area contributed by atoms with Crippen LogP contribution in [0, 0.1) is 12.7 Å². The summed E-state index contributed by atoms with van der Waals surface area (Å²) < 4.78 is 22.5. The maximum absolute atomic E-state index is 14.9. The van der Waals surface area contributed by atoms with E-state index in [1.807, 2.05) is 25.1 Å². The number of anilines is 1. The molecule has 9 nitrogen and oxygen atoms in total. The molecular weight excluding hydrogens is 435 g/mol. The zero-order valence-corrected chi connectivity index (χ0v) is 18.6. The summed E-state index contributed by atoms with van der Waals surface area (Å²) >= 11 is 6.37. The van der Waals surface area contributed by atoms with Gasteiger partial charge in [-0.05, 0) is 13.8 Å². The van der Waals surface area contributed by atoms with E-state index >= 15 is 0 Å². The summed E-state index contributed by atoms with van der Waals surface area (Å²) in [5.41, 5.74) is 2.61. The number of aromatic nitrogens is 6. The van der Waals surface area contributed by atoms with Crippen LogP contribution in [0.15, 0.2) is 24.7 Å². The molecule has 0 unspecified atom stereocenters. The van der Waals surface area contributed by atoms with Crippen LogP contribution in [0.3, 0.4) is 0 Å². The van der Waals surface area contributed by atoms with Gasteiger partial charge in [-0.2, -0.15) is 5.10 Å². The van der Waals surface area contributed by atoms with E-state index in [0.29, 0.717) is 41.6 Å². The Kier molecular flexibility index (Phi) is 5.18. The van der Waals surface area contributed by atoms with Crippen LogP contribution in [0.4, 0.5) is 10.2 Å². The van der Waals surface area contributed by atoms with Crippen LogP contribution in [0.25, 0.3) is 22.6 Å². The molecule has 0 amide bonds. The van der Waals surface area contributed by atoms with Gasteiger partial charge in [-0.1, -0.05) is 11.6 Å². The van der Waals surface area contributed by atoms with Crippen LogP contribution < -0.4 is 15.0 Å². The lowest BCUT2D eigenvalue weighted by atomic mass is 10.2. The Morgan fingerprint density at radius 1 is 1.28 bits per heavy atom. The van der Waals surface area contributed by atoms with E-state index in [9.17, 15) is 4.39 Å². The predicted molar refractivity (Wildman–Crippen MR) is 120 cm³/mol. The number of fused-ring (bicyclic) bond motifs is 1. The summed E-state index contributed by atoms with van der Waals surface area (Å²) in [5, 5.41) is 7.96. The van der Waals surface area contributed by atoms with E-state index < -0.39 is 5.82 Å². The van der Waals surface area contributed by atoms with Crippen molar-refractivity contribution >= 4 is 28.6 Å². The number of nitrogens with zero attached hydrogens (tertiary/aromatic N) is 6. The summed E-state index contributed by atoms with van der Waals surface area (Å²) in [4.78, 5) is 18.3. The van der Waals surface area contributed by atoms with Gasteiger partial charge in [-0.3, -0.25) is 4.68 Å². The number of hydrogen-bond acceptors (Lipinski definition) is 7. The quantitative estimate of drug-likeness (QED) is 0.485. The van der Waals surface area contributed by atoms with Crippen molar-refractivity contribution in [2.75, 3.05) is 24.5 Å². The number of H-pyrrole nitrogens is 1. The molecule has 0 radical (unpaired) electrons. The average molecular weight is 457 g/mol. The first-order valence-electron chi connectivity index (χ1n) is 10.3. The van der Waals surface area contributed by atoms with Gasteiger partial charge in [0, 0.05) is 45.0 Å². The second-order valence-electron chi connectivity index (χ2n) is 7.90. The first-order valence-corrected chi connectivity index (χ1v) is 10.6. The SMILES string of the molecule is Cc1nn(C)cc1-c1nc2ncc(Cl)c(Oc3cnc(N4CCN[C@@H](C)C4)c(F)c3)c2[nH]1. The first-order chi connectivity index (χ1) is 15.4. The molecule has 0 bridgehead atoms. The molecule has 32 heavy (non-hydrogen) atoms. The van der Waals surface area contributed by atoms with Crippen molar-refractivity contribution in [2.45, 2.75) is 19.9 Å². The summed E-state index contributed by atoms with van der Waals surface area (Å²) in [6, 6.07) is 1.59. The Bertz CT molecular complexity index is 1300. The molecule has 0 spiro atoms. The van der Waals surface area contributed by atoms with Crippen LogP contribution in [0.2, 0.25) is 5.02 Å². The third-order valence-electron chi connectivity index (χ3n) is 5.38. The van der Waals surface area contributed by atoms with Crippen molar-refractivity contribution in [3.63, 3.8) is 0 Å². The van der Waals surface area contributed by atoms with Crippen LogP contribution in [-0.2, 0) is 7.05 Å². The van der Waals surface area contributed by atoms with Gasteiger partial charge >= 0.3 is 0 Å². The van der Waals surface area contributed by atoms with E-state index in [1.165, 1.54) is 18.5 Å². The fraction of sp³-hybridized carbons (Fsp3) is 0.333. The van der Waals surface area contributed by atoms with E-state index in [0.717, 1.165) is 17.8 Å². The van der Waals surface area contributed by atoms with Gasteiger partial charge in [0.05, 0.1) is 23.7 Å². The van der Waals surface area contributed by atoms with E-state index in [1.54, 1.807) is 4.68 Å². The van der Waals surface area contributed by atoms with E-state index in [4.69, 9.17) is 16.3 Å². The van der Waals surface area contributed by atoms with Crippen molar-refractivity contribution in [1.82, 2.24) is 35.0 Å². The molecule has 1 saturated heterocycles. The third kappa shape index (κ3) is 3.76. The molecule has 2 N–H and O–H groups in total. The molecule has 1 fully saturated rings. The lowest BCUT2D eigenvalue weighted by Crippen LogP contribution is -2.49. The van der Waals surface area contributed by atoms with Crippen LogP contribution in [0.1, 0.15) is 12.6 Å². The number of aryl methyl sites for hydroxylation is 2. The number of rotatable bonds is 4. The number of piperazine rings is 1. The number of nitrogens with one attached hydrogen (secondary N) is 2. The summed E-state index contributed by atoms with van der Waals surface area (Å²) in [6.07, 6.45) is 4.82. The molecule has 1 aliphatic rings. The second-order valence-corrected chi connectivity index (χ2v) is 8.31. The number of pyridine rings is 2.